The summed E-state index contributed by atoms with van der Waals surface area (Å²) in [6.45, 7) is 6.97. The number of hydrogen-bond donors (Lipinski definition) is 1. The Morgan fingerprint density at radius 3 is 2.05 bits per heavy atom. The third kappa shape index (κ3) is 3.39. The first kappa shape index (κ1) is 16.3. The van der Waals surface area contributed by atoms with Gasteiger partial charge in [0.05, 0.1) is 11.7 Å². The van der Waals surface area contributed by atoms with Crippen LogP contribution in [0.2, 0.25) is 0 Å². The fourth-order valence-corrected chi connectivity index (χ4v) is 4.31. The summed E-state index contributed by atoms with van der Waals surface area (Å²) in [5.74, 6) is 1.35. The van der Waals surface area contributed by atoms with Gasteiger partial charge in [-0.15, -0.1) is 0 Å². The zero-order chi connectivity index (χ0) is 14.8. The molecule has 118 valence electrons. The van der Waals surface area contributed by atoms with Crippen LogP contribution in [0.1, 0.15) is 78.6 Å². The van der Waals surface area contributed by atoms with Crippen molar-refractivity contribution in [2.75, 3.05) is 7.11 Å². The van der Waals surface area contributed by atoms with Crippen LogP contribution in [0.3, 0.4) is 0 Å². The number of ether oxygens (including phenoxy) is 1. The standard InChI is InChI=1S/C18H34O2/c1-5-14-6-8-15(9-7-14)16(19)18(20-4)12-10-17(2,3)11-13-18/h14-16,19H,5-13H2,1-4H3. The van der Waals surface area contributed by atoms with Gasteiger partial charge in [-0.2, -0.15) is 0 Å². The fourth-order valence-electron chi connectivity index (χ4n) is 4.31. The van der Waals surface area contributed by atoms with Crippen LogP contribution in [-0.4, -0.2) is 23.9 Å². The van der Waals surface area contributed by atoms with Crippen LogP contribution in [0.15, 0.2) is 0 Å². The normalized spacial score (nSPS) is 34.6. The van der Waals surface area contributed by atoms with E-state index >= 15 is 0 Å². The Kier molecular flexibility index (Phi) is 5.18. The molecule has 1 atom stereocenters. The molecule has 20 heavy (non-hydrogen) atoms. The summed E-state index contributed by atoms with van der Waals surface area (Å²) in [6.07, 6.45) is 10.4. The van der Waals surface area contributed by atoms with E-state index in [4.69, 9.17) is 4.74 Å². The molecule has 2 heteroatoms. The van der Waals surface area contributed by atoms with Crippen molar-refractivity contribution in [1.82, 2.24) is 0 Å². The highest BCUT2D eigenvalue weighted by Crippen LogP contribution is 2.46. The Morgan fingerprint density at radius 1 is 1.05 bits per heavy atom. The molecule has 0 aromatic rings. The largest absolute Gasteiger partial charge is 0.390 e. The second kappa shape index (κ2) is 6.36. The Morgan fingerprint density at radius 2 is 1.60 bits per heavy atom. The molecule has 0 heterocycles. The first-order valence-corrected chi connectivity index (χ1v) is 8.66. The average molecular weight is 282 g/mol. The van der Waals surface area contributed by atoms with E-state index in [1.165, 1.54) is 44.9 Å². The molecule has 2 fully saturated rings. The predicted octanol–water partition coefficient (Wildman–Crippen LogP) is 4.55. The molecule has 0 spiro atoms. The molecule has 2 aliphatic carbocycles. The van der Waals surface area contributed by atoms with Crippen molar-refractivity contribution in [2.24, 2.45) is 17.3 Å². The molecule has 2 aliphatic rings. The number of aliphatic hydroxyl groups excluding tert-OH is 1. The van der Waals surface area contributed by atoms with Gasteiger partial charge in [0, 0.05) is 7.11 Å². The van der Waals surface area contributed by atoms with E-state index < -0.39 is 0 Å². The molecule has 2 nitrogen and oxygen atoms in total. The van der Waals surface area contributed by atoms with Crippen LogP contribution in [0.4, 0.5) is 0 Å². The van der Waals surface area contributed by atoms with Gasteiger partial charge in [-0.05, 0) is 55.8 Å². The molecule has 0 amide bonds. The van der Waals surface area contributed by atoms with Crippen molar-refractivity contribution in [2.45, 2.75) is 90.3 Å². The van der Waals surface area contributed by atoms with Crippen molar-refractivity contribution in [3.05, 3.63) is 0 Å². The molecule has 1 N–H and O–H groups in total. The van der Waals surface area contributed by atoms with E-state index in [0.29, 0.717) is 11.3 Å². The lowest BCUT2D eigenvalue weighted by Crippen LogP contribution is -2.52. The molecule has 0 saturated heterocycles. The maximum absolute atomic E-state index is 11.0. The maximum Gasteiger partial charge on any atom is 0.0939 e. The van der Waals surface area contributed by atoms with Gasteiger partial charge >= 0.3 is 0 Å². The van der Waals surface area contributed by atoms with E-state index in [-0.39, 0.29) is 11.7 Å². The lowest BCUT2D eigenvalue weighted by atomic mass is 9.65. The fraction of sp³-hybridized carbons (Fsp3) is 1.00. The van der Waals surface area contributed by atoms with Crippen LogP contribution in [-0.2, 0) is 4.74 Å². The maximum atomic E-state index is 11.0. The lowest BCUT2D eigenvalue weighted by Gasteiger charge is -2.48. The summed E-state index contributed by atoms with van der Waals surface area (Å²) in [7, 11) is 1.80. The van der Waals surface area contributed by atoms with E-state index in [9.17, 15) is 5.11 Å². The Labute approximate surface area is 125 Å². The molecule has 1 unspecified atom stereocenters. The van der Waals surface area contributed by atoms with E-state index in [2.05, 4.69) is 20.8 Å². The van der Waals surface area contributed by atoms with Gasteiger partial charge in [0.2, 0.25) is 0 Å². The summed E-state index contributed by atoms with van der Waals surface area (Å²) < 4.78 is 5.89. The van der Waals surface area contributed by atoms with E-state index in [1.54, 1.807) is 7.11 Å². The summed E-state index contributed by atoms with van der Waals surface area (Å²) in [5, 5.41) is 11.0. The minimum absolute atomic E-state index is 0.263. The van der Waals surface area contributed by atoms with Crippen LogP contribution in [0.5, 0.6) is 0 Å². The van der Waals surface area contributed by atoms with E-state index in [1.807, 2.05) is 0 Å². The van der Waals surface area contributed by atoms with Gasteiger partial charge in [-0.3, -0.25) is 0 Å². The van der Waals surface area contributed by atoms with Crippen molar-refractivity contribution in [1.29, 1.82) is 0 Å². The summed E-state index contributed by atoms with van der Waals surface area (Å²) in [6, 6.07) is 0. The van der Waals surface area contributed by atoms with Crippen molar-refractivity contribution >= 4 is 0 Å². The van der Waals surface area contributed by atoms with Crippen LogP contribution < -0.4 is 0 Å². The predicted molar refractivity (Wildman–Crippen MR) is 83.7 cm³/mol. The highest BCUT2D eigenvalue weighted by molar-refractivity contribution is 4.98. The van der Waals surface area contributed by atoms with Gasteiger partial charge < -0.3 is 9.84 Å². The molecule has 2 saturated carbocycles. The first-order valence-electron chi connectivity index (χ1n) is 8.66. The highest BCUT2D eigenvalue weighted by Gasteiger charge is 2.46. The molecule has 0 aromatic heterocycles. The summed E-state index contributed by atoms with van der Waals surface area (Å²) in [5.41, 5.74) is 0.154. The quantitative estimate of drug-likeness (QED) is 0.819. The number of aliphatic hydroxyl groups is 1. The molecule has 2 rings (SSSR count). The second-order valence-electron chi connectivity index (χ2n) is 8.07. The molecule has 0 aromatic carbocycles. The monoisotopic (exact) mass is 282 g/mol. The van der Waals surface area contributed by atoms with Crippen LogP contribution >= 0.6 is 0 Å². The average Bonchev–Trinajstić information content (AvgIpc) is 2.47. The van der Waals surface area contributed by atoms with Crippen molar-refractivity contribution < 1.29 is 9.84 Å². The molecule has 0 bridgehead atoms. The van der Waals surface area contributed by atoms with Gasteiger partial charge in [0.25, 0.3) is 0 Å². The van der Waals surface area contributed by atoms with Crippen LogP contribution in [0.25, 0.3) is 0 Å². The van der Waals surface area contributed by atoms with Crippen molar-refractivity contribution in [3.8, 4) is 0 Å². The Hall–Kier alpha value is -0.0800. The first-order chi connectivity index (χ1) is 9.42. The number of hydrogen-bond acceptors (Lipinski definition) is 2. The summed E-state index contributed by atoms with van der Waals surface area (Å²) in [4.78, 5) is 0. The van der Waals surface area contributed by atoms with E-state index in [0.717, 1.165) is 18.8 Å². The number of rotatable bonds is 4. The third-order valence-corrected chi connectivity index (χ3v) is 6.31. The molecular formula is C18H34O2. The Balaban J connectivity index is 1.97. The Bertz CT molecular complexity index is 293. The van der Waals surface area contributed by atoms with Gasteiger partial charge in [0.15, 0.2) is 0 Å². The molecule has 0 aliphatic heterocycles. The lowest BCUT2D eigenvalue weighted by molar-refractivity contribution is -0.158. The van der Waals surface area contributed by atoms with Gasteiger partial charge in [-0.25, -0.2) is 0 Å². The molecule has 0 radical (unpaired) electrons. The zero-order valence-electron chi connectivity index (χ0n) is 14.0. The second-order valence-corrected chi connectivity index (χ2v) is 8.07. The molecular weight excluding hydrogens is 248 g/mol. The highest BCUT2D eigenvalue weighted by atomic mass is 16.5. The summed E-state index contributed by atoms with van der Waals surface area (Å²) >= 11 is 0. The number of methoxy groups -OCH3 is 1. The van der Waals surface area contributed by atoms with Crippen molar-refractivity contribution in [3.63, 3.8) is 0 Å². The van der Waals surface area contributed by atoms with Crippen LogP contribution in [0, 0.1) is 17.3 Å². The third-order valence-electron chi connectivity index (χ3n) is 6.31. The zero-order valence-corrected chi connectivity index (χ0v) is 14.0. The topological polar surface area (TPSA) is 29.5 Å². The minimum atomic E-state index is -0.265. The van der Waals surface area contributed by atoms with Gasteiger partial charge in [-0.1, -0.05) is 40.0 Å². The minimum Gasteiger partial charge on any atom is -0.390 e. The smallest absolute Gasteiger partial charge is 0.0939 e. The SMILES string of the molecule is CCC1CCC(C(O)C2(OC)CCC(C)(C)CC2)CC1. The van der Waals surface area contributed by atoms with Gasteiger partial charge in [0.1, 0.15) is 0 Å².